The number of nitrogens with zero attached hydrogens (tertiary/aromatic N) is 3. The highest BCUT2D eigenvalue weighted by Gasteiger charge is 2.44. The molecule has 2 rings (SSSR count). The first-order valence-electron chi connectivity index (χ1n) is 9.44. The van der Waals surface area contributed by atoms with Gasteiger partial charge in [-0.25, -0.2) is 18.5 Å². The number of phosphoric ester groups is 1. The van der Waals surface area contributed by atoms with Crippen molar-refractivity contribution in [3.8, 4) is 11.8 Å². The van der Waals surface area contributed by atoms with Gasteiger partial charge in [0.1, 0.15) is 18.1 Å². The van der Waals surface area contributed by atoms with Gasteiger partial charge in [0.25, 0.3) is 0 Å². The van der Waals surface area contributed by atoms with Gasteiger partial charge in [-0.2, -0.15) is 13.6 Å². The summed E-state index contributed by atoms with van der Waals surface area (Å²) >= 11 is 0. The van der Waals surface area contributed by atoms with E-state index in [9.17, 15) is 28.3 Å². The van der Waals surface area contributed by atoms with E-state index in [0.29, 0.717) is 5.71 Å². The molecule has 1 fully saturated rings. The van der Waals surface area contributed by atoms with Gasteiger partial charge in [0.05, 0.1) is 17.9 Å². The van der Waals surface area contributed by atoms with Crippen molar-refractivity contribution < 1.29 is 56.0 Å². The summed E-state index contributed by atoms with van der Waals surface area (Å²) in [5.74, 6) is 5.20. The fourth-order valence-electron chi connectivity index (χ4n) is 2.69. The van der Waals surface area contributed by atoms with Gasteiger partial charge in [-0.05, 0) is 20.8 Å². The van der Waals surface area contributed by atoms with E-state index in [4.69, 9.17) is 25.1 Å². The van der Waals surface area contributed by atoms with Crippen LogP contribution in [0.4, 0.5) is 5.82 Å². The molecule has 1 aromatic rings. The molecule has 0 amide bonds. The van der Waals surface area contributed by atoms with Crippen LogP contribution in [0.15, 0.2) is 16.1 Å². The van der Waals surface area contributed by atoms with Crippen LogP contribution in [0.2, 0.25) is 0 Å². The van der Waals surface area contributed by atoms with Gasteiger partial charge in [0.2, 0.25) is 0 Å². The SMILES string of the molecule is CC#Cc1cn([C@H]2C[C@@H](ON=C(C)C)[C@@H](COP(=O)(O)OP(=O)(O)OP(=O)(O)O)O2)c(=O)nc1N. The molecule has 0 saturated carbocycles. The normalized spacial score (nSPS) is 23.5. The summed E-state index contributed by atoms with van der Waals surface area (Å²) in [7, 11) is -16.6. The number of nitrogens with two attached hydrogens (primary N) is 1. The maximum Gasteiger partial charge on any atom is 0.490 e. The van der Waals surface area contributed by atoms with Gasteiger partial charge in [0.15, 0.2) is 6.10 Å². The zero-order valence-corrected chi connectivity index (χ0v) is 21.1. The van der Waals surface area contributed by atoms with E-state index in [1.54, 1.807) is 20.8 Å². The minimum atomic E-state index is -5.69. The van der Waals surface area contributed by atoms with Gasteiger partial charge < -0.3 is 34.9 Å². The standard InChI is InChI=1S/C15H23N4O13P3/c1-4-5-10-7-19(15(20)17-14(10)16)13-6-11(30-18-9(2)3)12(29-13)8-28-34(24,25)32-35(26,27)31-33(21,22)23/h7,11-13H,6,8H2,1-3H3,(H,24,25)(H,26,27)(H2,16,17,20)(H2,21,22,23)/t11-,12-,13-/m1/s1. The molecule has 0 radical (unpaired) electrons. The number of aromatic nitrogens is 2. The lowest BCUT2D eigenvalue weighted by atomic mass is 10.2. The molecule has 6 N–H and O–H groups in total. The molecule has 1 aliphatic heterocycles. The van der Waals surface area contributed by atoms with E-state index in [0.717, 1.165) is 4.57 Å². The Morgan fingerprint density at radius 3 is 2.49 bits per heavy atom. The molecule has 0 bridgehead atoms. The Balaban J connectivity index is 2.23. The molecule has 1 saturated heterocycles. The topological polar surface area (TPSA) is 252 Å². The van der Waals surface area contributed by atoms with Gasteiger partial charge in [-0.1, -0.05) is 11.1 Å². The molecule has 35 heavy (non-hydrogen) atoms. The van der Waals surface area contributed by atoms with Gasteiger partial charge in [-0.3, -0.25) is 9.09 Å². The molecule has 17 nitrogen and oxygen atoms in total. The number of hydrogen-bond donors (Lipinski definition) is 5. The molecule has 1 aromatic heterocycles. The number of hydrogen-bond acceptors (Lipinski definition) is 12. The van der Waals surface area contributed by atoms with E-state index in [2.05, 4.69) is 35.1 Å². The van der Waals surface area contributed by atoms with Crippen molar-refractivity contribution >= 4 is 35.0 Å². The fraction of sp³-hybridized carbons (Fsp3) is 0.533. The second-order valence-corrected chi connectivity index (χ2v) is 11.5. The molecule has 0 spiro atoms. The summed E-state index contributed by atoms with van der Waals surface area (Å²) in [6.07, 6.45) is -1.88. The fourth-order valence-corrected chi connectivity index (χ4v) is 5.72. The Labute approximate surface area is 198 Å². The molecule has 196 valence electrons. The van der Waals surface area contributed by atoms with Crippen molar-refractivity contribution in [2.75, 3.05) is 12.3 Å². The van der Waals surface area contributed by atoms with E-state index in [1.807, 2.05) is 0 Å². The summed E-state index contributed by atoms with van der Waals surface area (Å²) < 4.78 is 53.0. The molecule has 5 atom stereocenters. The Kier molecular flexibility index (Phi) is 9.57. The highest BCUT2D eigenvalue weighted by atomic mass is 31.3. The Morgan fingerprint density at radius 1 is 1.26 bits per heavy atom. The number of nitrogen functional groups attached to an aromatic ring is 1. The molecule has 2 heterocycles. The molecule has 20 heteroatoms. The number of phosphoric acid groups is 3. The smallest absolute Gasteiger partial charge is 0.389 e. The van der Waals surface area contributed by atoms with Gasteiger partial charge >= 0.3 is 29.2 Å². The van der Waals surface area contributed by atoms with E-state index >= 15 is 0 Å². The van der Waals surface area contributed by atoms with Crippen LogP contribution in [-0.4, -0.2) is 53.7 Å². The first-order chi connectivity index (χ1) is 16.0. The largest absolute Gasteiger partial charge is 0.490 e. The van der Waals surface area contributed by atoms with Crippen LogP contribution in [0, 0.1) is 11.8 Å². The van der Waals surface area contributed by atoms with Crippen LogP contribution in [0.5, 0.6) is 0 Å². The zero-order chi connectivity index (χ0) is 26.6. The van der Waals surface area contributed by atoms with Crippen molar-refractivity contribution in [3.05, 3.63) is 22.2 Å². The second kappa shape index (κ2) is 11.4. The number of rotatable bonds is 10. The van der Waals surface area contributed by atoms with Gasteiger partial charge in [0, 0.05) is 12.6 Å². The molecular formula is C15H23N4O13P3. The maximum atomic E-state index is 12.4. The monoisotopic (exact) mass is 560 g/mol. The summed E-state index contributed by atoms with van der Waals surface area (Å²) in [5.41, 5.74) is 5.66. The van der Waals surface area contributed by atoms with Crippen LogP contribution in [-0.2, 0) is 36.4 Å². The Morgan fingerprint density at radius 2 is 1.91 bits per heavy atom. The molecule has 1 aliphatic rings. The van der Waals surface area contributed by atoms with Crippen LogP contribution < -0.4 is 11.4 Å². The molecule has 0 aromatic carbocycles. The zero-order valence-electron chi connectivity index (χ0n) is 18.4. The lowest BCUT2D eigenvalue weighted by Crippen LogP contribution is -2.29. The third-order valence-corrected chi connectivity index (χ3v) is 7.72. The summed E-state index contributed by atoms with van der Waals surface area (Å²) in [4.78, 5) is 57.5. The van der Waals surface area contributed by atoms with E-state index in [-0.39, 0.29) is 17.8 Å². The predicted octanol–water partition coefficient (Wildman–Crippen LogP) is 0.609. The predicted molar refractivity (Wildman–Crippen MR) is 117 cm³/mol. The van der Waals surface area contributed by atoms with Crippen LogP contribution in [0.25, 0.3) is 0 Å². The number of ether oxygens (including phenoxy) is 1. The van der Waals surface area contributed by atoms with Crippen molar-refractivity contribution in [1.29, 1.82) is 0 Å². The first-order valence-corrected chi connectivity index (χ1v) is 14.0. The van der Waals surface area contributed by atoms with Crippen molar-refractivity contribution in [3.63, 3.8) is 0 Å². The molecule has 0 aliphatic carbocycles. The first kappa shape index (κ1) is 29.3. The molecule has 2 unspecified atom stereocenters. The second-order valence-electron chi connectivity index (χ2n) is 7.04. The minimum Gasteiger partial charge on any atom is -0.389 e. The lowest BCUT2D eigenvalue weighted by molar-refractivity contribution is -0.0604. The summed E-state index contributed by atoms with van der Waals surface area (Å²) in [5, 5.41) is 3.79. The minimum absolute atomic E-state index is 0.0221. The van der Waals surface area contributed by atoms with Gasteiger partial charge in [-0.15, -0.1) is 5.92 Å². The lowest BCUT2D eigenvalue weighted by Gasteiger charge is -2.20. The quantitative estimate of drug-likeness (QED) is 0.114. The van der Waals surface area contributed by atoms with E-state index < -0.39 is 54.2 Å². The van der Waals surface area contributed by atoms with Crippen LogP contribution >= 0.6 is 23.5 Å². The third-order valence-electron chi connectivity index (χ3n) is 3.92. The maximum absolute atomic E-state index is 12.4. The number of anilines is 1. The summed E-state index contributed by atoms with van der Waals surface area (Å²) in [6.45, 7) is 3.99. The van der Waals surface area contributed by atoms with E-state index in [1.165, 1.54) is 6.20 Å². The average Bonchev–Trinajstić information content (AvgIpc) is 3.07. The average molecular weight is 560 g/mol. The highest BCUT2D eigenvalue weighted by Crippen LogP contribution is 2.66. The molecular weight excluding hydrogens is 537 g/mol. The summed E-state index contributed by atoms with van der Waals surface area (Å²) in [6, 6.07) is 0. The van der Waals surface area contributed by atoms with Crippen molar-refractivity contribution in [1.82, 2.24) is 9.55 Å². The van der Waals surface area contributed by atoms with Crippen molar-refractivity contribution in [2.45, 2.75) is 45.6 Å². The Bertz CT molecular complexity index is 1230. The number of oxime groups is 1. The third kappa shape index (κ3) is 9.23. The Hall–Kier alpha value is -1.92. The highest BCUT2D eigenvalue weighted by molar-refractivity contribution is 7.66. The van der Waals surface area contributed by atoms with Crippen LogP contribution in [0.1, 0.15) is 39.0 Å². The van der Waals surface area contributed by atoms with Crippen molar-refractivity contribution in [2.24, 2.45) is 5.16 Å². The van der Waals surface area contributed by atoms with Crippen LogP contribution in [0.3, 0.4) is 0 Å².